The van der Waals surface area contributed by atoms with Crippen LogP contribution in [-0.2, 0) is 0 Å². The van der Waals surface area contributed by atoms with Gasteiger partial charge in [0.15, 0.2) is 4.88 Å². The summed E-state index contributed by atoms with van der Waals surface area (Å²) in [6, 6.07) is 0. The molecule has 2 N–H and O–H groups in total. The highest BCUT2D eigenvalue weighted by Gasteiger charge is 2.32. The van der Waals surface area contributed by atoms with E-state index < -0.39 is 5.91 Å². The van der Waals surface area contributed by atoms with E-state index in [4.69, 9.17) is 10.5 Å². The molecule has 1 amide bonds. The van der Waals surface area contributed by atoms with Crippen LogP contribution in [0.1, 0.15) is 66.0 Å². The smallest absolute Gasteiger partial charge is 0.264 e. The van der Waals surface area contributed by atoms with Gasteiger partial charge in [-0.2, -0.15) is 0 Å². The standard InChI is InChI=1S/C14H20N2O2S/c1-8-4-2-3-5-10(8)18-13-11(12(15)17)19-14(16-13)9-6-7-9/h8-10H,2-7H2,1H3,(H2,15,17)/t8-,10-/m0/s1. The number of rotatable bonds is 4. The van der Waals surface area contributed by atoms with E-state index in [2.05, 4.69) is 11.9 Å². The minimum Gasteiger partial charge on any atom is -0.473 e. The zero-order chi connectivity index (χ0) is 13.4. The summed E-state index contributed by atoms with van der Waals surface area (Å²) in [4.78, 5) is 16.5. The van der Waals surface area contributed by atoms with Gasteiger partial charge < -0.3 is 10.5 Å². The van der Waals surface area contributed by atoms with Gasteiger partial charge in [0.25, 0.3) is 5.91 Å². The van der Waals surface area contributed by atoms with Gasteiger partial charge >= 0.3 is 0 Å². The average molecular weight is 280 g/mol. The van der Waals surface area contributed by atoms with Crippen molar-refractivity contribution in [3.8, 4) is 5.88 Å². The molecular weight excluding hydrogens is 260 g/mol. The third-order valence-electron chi connectivity index (χ3n) is 4.06. The van der Waals surface area contributed by atoms with Gasteiger partial charge in [-0.15, -0.1) is 11.3 Å². The Morgan fingerprint density at radius 2 is 2.05 bits per heavy atom. The predicted molar refractivity (Wildman–Crippen MR) is 74.7 cm³/mol. The van der Waals surface area contributed by atoms with Gasteiger partial charge in [0.2, 0.25) is 5.88 Å². The molecule has 3 rings (SSSR count). The van der Waals surface area contributed by atoms with Crippen LogP contribution in [0, 0.1) is 5.92 Å². The molecule has 2 aliphatic carbocycles. The molecule has 0 aliphatic heterocycles. The van der Waals surface area contributed by atoms with Crippen molar-refractivity contribution in [1.82, 2.24) is 4.98 Å². The second-order valence-electron chi connectivity index (χ2n) is 5.74. The molecule has 0 bridgehead atoms. The van der Waals surface area contributed by atoms with Gasteiger partial charge in [-0.3, -0.25) is 4.79 Å². The molecule has 0 aromatic carbocycles. The number of carbonyl (C=O) groups excluding carboxylic acids is 1. The summed E-state index contributed by atoms with van der Waals surface area (Å²) in [6.45, 7) is 2.21. The number of carbonyl (C=O) groups is 1. The summed E-state index contributed by atoms with van der Waals surface area (Å²) < 4.78 is 6.02. The molecule has 1 aromatic heterocycles. The molecule has 2 fully saturated rings. The molecule has 0 radical (unpaired) electrons. The summed E-state index contributed by atoms with van der Waals surface area (Å²) in [5, 5.41) is 1.02. The van der Waals surface area contributed by atoms with Gasteiger partial charge in [-0.1, -0.05) is 13.3 Å². The molecular formula is C14H20N2O2S. The van der Waals surface area contributed by atoms with E-state index >= 15 is 0 Å². The molecule has 1 aromatic rings. The third kappa shape index (κ3) is 2.76. The maximum absolute atomic E-state index is 11.5. The van der Waals surface area contributed by atoms with Crippen LogP contribution in [0.15, 0.2) is 0 Å². The minimum atomic E-state index is -0.414. The van der Waals surface area contributed by atoms with Gasteiger partial charge in [-0.25, -0.2) is 4.98 Å². The van der Waals surface area contributed by atoms with Crippen molar-refractivity contribution < 1.29 is 9.53 Å². The van der Waals surface area contributed by atoms with Crippen molar-refractivity contribution in [3.63, 3.8) is 0 Å². The Bertz CT molecular complexity index is 482. The summed E-state index contributed by atoms with van der Waals surface area (Å²) in [5.41, 5.74) is 5.44. The van der Waals surface area contributed by atoms with Gasteiger partial charge in [0.1, 0.15) is 11.1 Å². The quantitative estimate of drug-likeness (QED) is 0.921. The molecule has 1 heterocycles. The maximum Gasteiger partial charge on any atom is 0.264 e. The van der Waals surface area contributed by atoms with E-state index in [9.17, 15) is 4.79 Å². The van der Waals surface area contributed by atoms with E-state index in [1.807, 2.05) is 0 Å². The van der Waals surface area contributed by atoms with Crippen molar-refractivity contribution in [2.75, 3.05) is 0 Å². The van der Waals surface area contributed by atoms with Crippen LogP contribution in [0.3, 0.4) is 0 Å². The van der Waals surface area contributed by atoms with Crippen LogP contribution >= 0.6 is 11.3 Å². The predicted octanol–water partition coefficient (Wildman–Crippen LogP) is 3.08. The van der Waals surface area contributed by atoms with Gasteiger partial charge in [0.05, 0.1) is 0 Å². The summed E-state index contributed by atoms with van der Waals surface area (Å²) in [5.74, 6) is 1.13. The summed E-state index contributed by atoms with van der Waals surface area (Å²) in [6.07, 6.45) is 7.23. The highest BCUT2D eigenvalue weighted by Crippen LogP contribution is 2.44. The molecule has 104 valence electrons. The van der Waals surface area contributed by atoms with Gasteiger partial charge in [-0.05, 0) is 38.0 Å². The third-order valence-corrected chi connectivity index (χ3v) is 5.27. The van der Waals surface area contributed by atoms with Crippen LogP contribution in [0.2, 0.25) is 0 Å². The van der Waals surface area contributed by atoms with Crippen LogP contribution in [0.25, 0.3) is 0 Å². The van der Waals surface area contributed by atoms with E-state index in [-0.39, 0.29) is 6.10 Å². The zero-order valence-electron chi connectivity index (χ0n) is 11.2. The lowest BCUT2D eigenvalue weighted by atomic mass is 9.88. The Morgan fingerprint density at radius 1 is 1.32 bits per heavy atom. The van der Waals surface area contributed by atoms with Crippen LogP contribution < -0.4 is 10.5 Å². The molecule has 0 spiro atoms. The lowest BCUT2D eigenvalue weighted by Crippen LogP contribution is -2.29. The number of primary amides is 1. The number of amides is 1. The fourth-order valence-corrected chi connectivity index (χ4v) is 3.68. The first-order valence-electron chi connectivity index (χ1n) is 7.12. The first-order valence-corrected chi connectivity index (χ1v) is 7.94. The Balaban J connectivity index is 1.80. The fraction of sp³-hybridized carbons (Fsp3) is 0.714. The molecule has 2 atom stereocenters. The molecule has 19 heavy (non-hydrogen) atoms. The number of nitrogens with zero attached hydrogens (tertiary/aromatic N) is 1. The van der Waals surface area contributed by atoms with Crippen LogP contribution in [-0.4, -0.2) is 17.0 Å². The number of hydrogen-bond donors (Lipinski definition) is 1. The SMILES string of the molecule is C[C@H]1CCCC[C@@H]1Oc1nc(C2CC2)sc1C(N)=O. The molecule has 4 nitrogen and oxygen atoms in total. The Labute approximate surface area is 117 Å². The minimum absolute atomic E-state index is 0.181. The monoisotopic (exact) mass is 280 g/mol. The normalized spacial score (nSPS) is 27.2. The van der Waals surface area contributed by atoms with Crippen LogP contribution in [0.4, 0.5) is 0 Å². The maximum atomic E-state index is 11.5. The molecule has 0 unspecified atom stereocenters. The fourth-order valence-electron chi connectivity index (χ4n) is 2.66. The lowest BCUT2D eigenvalue weighted by Gasteiger charge is -2.28. The number of aromatic nitrogens is 1. The zero-order valence-corrected chi connectivity index (χ0v) is 12.0. The van der Waals surface area contributed by atoms with Crippen molar-refractivity contribution >= 4 is 17.2 Å². The van der Waals surface area contributed by atoms with E-state index in [1.165, 1.54) is 43.4 Å². The van der Waals surface area contributed by atoms with E-state index in [0.717, 1.165) is 11.4 Å². The number of hydrogen-bond acceptors (Lipinski definition) is 4. The summed E-state index contributed by atoms with van der Waals surface area (Å²) >= 11 is 1.42. The molecule has 2 aliphatic rings. The van der Waals surface area contributed by atoms with Crippen molar-refractivity contribution in [3.05, 3.63) is 9.88 Å². The average Bonchev–Trinajstić information content (AvgIpc) is 3.14. The van der Waals surface area contributed by atoms with E-state index in [1.54, 1.807) is 0 Å². The van der Waals surface area contributed by atoms with Crippen molar-refractivity contribution in [2.45, 2.75) is 57.5 Å². The van der Waals surface area contributed by atoms with E-state index in [0.29, 0.717) is 22.6 Å². The lowest BCUT2D eigenvalue weighted by molar-refractivity contribution is 0.0915. The second kappa shape index (κ2) is 5.12. The number of ether oxygens (including phenoxy) is 1. The highest BCUT2D eigenvalue weighted by molar-refractivity contribution is 7.14. The molecule has 2 saturated carbocycles. The number of thiazole rings is 1. The first-order chi connectivity index (χ1) is 9.15. The second-order valence-corrected chi connectivity index (χ2v) is 6.77. The summed E-state index contributed by atoms with van der Waals surface area (Å²) in [7, 11) is 0. The van der Waals surface area contributed by atoms with Gasteiger partial charge in [0, 0.05) is 5.92 Å². The first kappa shape index (κ1) is 12.9. The Hall–Kier alpha value is -1.10. The topological polar surface area (TPSA) is 65.2 Å². The highest BCUT2D eigenvalue weighted by atomic mass is 32.1. The Morgan fingerprint density at radius 3 is 2.68 bits per heavy atom. The Kier molecular flexibility index (Phi) is 3.48. The van der Waals surface area contributed by atoms with Crippen molar-refractivity contribution in [2.24, 2.45) is 11.7 Å². The largest absolute Gasteiger partial charge is 0.473 e. The van der Waals surface area contributed by atoms with Crippen LogP contribution in [0.5, 0.6) is 5.88 Å². The number of nitrogens with two attached hydrogens (primary N) is 1. The molecule has 5 heteroatoms. The van der Waals surface area contributed by atoms with Crippen molar-refractivity contribution in [1.29, 1.82) is 0 Å². The molecule has 0 saturated heterocycles.